The molecule has 1 saturated heterocycles. The van der Waals surface area contributed by atoms with Crippen molar-refractivity contribution >= 4 is 17.7 Å². The SMILES string of the molecule is COC(=O)C(CCCCN)NC(=O)C1OC(n2ccc(N)nc2=O)CC1O. The van der Waals surface area contributed by atoms with E-state index in [4.69, 9.17) is 20.9 Å². The van der Waals surface area contributed by atoms with Crippen LogP contribution in [0, 0.1) is 0 Å². The quantitative estimate of drug-likeness (QED) is 0.300. The third-order valence-corrected chi connectivity index (χ3v) is 4.27. The molecule has 27 heavy (non-hydrogen) atoms. The molecule has 0 aromatic carbocycles. The number of aliphatic hydroxyl groups excluding tert-OH is 1. The van der Waals surface area contributed by atoms with Crippen LogP contribution in [-0.2, 0) is 19.1 Å². The predicted molar refractivity (Wildman–Crippen MR) is 94.3 cm³/mol. The number of hydrogen-bond donors (Lipinski definition) is 4. The molecule has 1 aliphatic heterocycles. The number of amides is 1. The molecule has 1 amide bonds. The third-order valence-electron chi connectivity index (χ3n) is 4.27. The van der Waals surface area contributed by atoms with Crippen molar-refractivity contribution in [3.63, 3.8) is 0 Å². The van der Waals surface area contributed by atoms with Crippen LogP contribution in [0.1, 0.15) is 31.9 Å². The van der Waals surface area contributed by atoms with Gasteiger partial charge in [-0.1, -0.05) is 0 Å². The van der Waals surface area contributed by atoms with Crippen LogP contribution in [0.4, 0.5) is 5.82 Å². The van der Waals surface area contributed by atoms with Crippen molar-refractivity contribution in [3.05, 3.63) is 22.7 Å². The van der Waals surface area contributed by atoms with E-state index in [-0.39, 0.29) is 12.2 Å². The Hall–Kier alpha value is -2.50. The number of aliphatic hydroxyl groups is 1. The highest BCUT2D eigenvalue weighted by Crippen LogP contribution is 2.28. The molecule has 4 atom stereocenters. The maximum Gasteiger partial charge on any atom is 0.351 e. The van der Waals surface area contributed by atoms with Gasteiger partial charge >= 0.3 is 11.7 Å². The van der Waals surface area contributed by atoms with Gasteiger partial charge in [-0.25, -0.2) is 9.59 Å². The van der Waals surface area contributed by atoms with Gasteiger partial charge in [0, 0.05) is 12.6 Å². The number of ether oxygens (including phenoxy) is 2. The molecule has 4 unspecified atom stereocenters. The lowest BCUT2D eigenvalue weighted by molar-refractivity contribution is -0.148. The van der Waals surface area contributed by atoms with Gasteiger partial charge in [0.15, 0.2) is 6.10 Å². The fraction of sp³-hybridized carbons (Fsp3) is 0.625. The van der Waals surface area contributed by atoms with Gasteiger partial charge in [0.2, 0.25) is 0 Å². The highest BCUT2D eigenvalue weighted by Gasteiger charge is 2.41. The zero-order valence-corrected chi connectivity index (χ0v) is 15.0. The molecule has 2 rings (SSSR count). The monoisotopic (exact) mass is 383 g/mol. The van der Waals surface area contributed by atoms with Crippen LogP contribution in [0.5, 0.6) is 0 Å². The molecule has 0 saturated carbocycles. The first kappa shape index (κ1) is 20.8. The number of methoxy groups -OCH3 is 1. The average molecular weight is 383 g/mol. The minimum Gasteiger partial charge on any atom is -0.467 e. The number of esters is 1. The van der Waals surface area contributed by atoms with Crippen LogP contribution < -0.4 is 22.5 Å². The van der Waals surface area contributed by atoms with Crippen molar-refractivity contribution < 1.29 is 24.2 Å². The summed E-state index contributed by atoms with van der Waals surface area (Å²) in [6.45, 7) is 0.471. The summed E-state index contributed by atoms with van der Waals surface area (Å²) in [7, 11) is 1.22. The van der Waals surface area contributed by atoms with Gasteiger partial charge in [-0.2, -0.15) is 4.98 Å². The minimum atomic E-state index is -1.24. The predicted octanol–water partition coefficient (Wildman–Crippen LogP) is -1.74. The van der Waals surface area contributed by atoms with Crippen LogP contribution in [0.2, 0.25) is 0 Å². The standard InChI is InChI=1S/C16H25N5O6/c1-26-15(24)9(4-2-3-6-17)19-14(23)13-10(22)8-12(27-13)21-7-5-11(18)20-16(21)25/h5,7,9-10,12-13,22H,2-4,6,8,17H2,1H3,(H,19,23)(H2,18,20,25). The van der Waals surface area contributed by atoms with Gasteiger partial charge in [0.05, 0.1) is 13.2 Å². The Balaban J connectivity index is 2.04. The number of nitrogen functional groups attached to an aromatic ring is 1. The number of carbonyl (C=O) groups excluding carboxylic acids is 2. The molecular weight excluding hydrogens is 358 g/mol. The number of anilines is 1. The van der Waals surface area contributed by atoms with Gasteiger partial charge < -0.3 is 31.4 Å². The lowest BCUT2D eigenvalue weighted by Crippen LogP contribution is -2.48. The van der Waals surface area contributed by atoms with E-state index in [9.17, 15) is 19.5 Å². The number of nitrogens with one attached hydrogen (secondary N) is 1. The molecule has 11 nitrogen and oxygen atoms in total. The second-order valence-electron chi connectivity index (χ2n) is 6.23. The number of carbonyl (C=O) groups is 2. The lowest BCUT2D eigenvalue weighted by atomic mass is 10.1. The van der Waals surface area contributed by atoms with E-state index >= 15 is 0 Å². The van der Waals surface area contributed by atoms with Crippen LogP contribution in [0.15, 0.2) is 17.1 Å². The largest absolute Gasteiger partial charge is 0.467 e. The van der Waals surface area contributed by atoms with E-state index < -0.39 is 42.0 Å². The molecule has 1 fully saturated rings. The summed E-state index contributed by atoms with van der Waals surface area (Å²) in [5.74, 6) is -1.20. The second kappa shape index (κ2) is 9.44. The van der Waals surface area contributed by atoms with E-state index in [0.29, 0.717) is 25.8 Å². The summed E-state index contributed by atoms with van der Waals surface area (Å²) in [6.07, 6.45) is -0.191. The Morgan fingerprint density at radius 3 is 2.89 bits per heavy atom. The van der Waals surface area contributed by atoms with Gasteiger partial charge in [0.25, 0.3) is 5.91 Å². The van der Waals surface area contributed by atoms with Crippen LogP contribution in [0.3, 0.4) is 0 Å². The molecule has 11 heteroatoms. The number of aromatic nitrogens is 2. The molecule has 1 aromatic rings. The third kappa shape index (κ3) is 5.25. The summed E-state index contributed by atoms with van der Waals surface area (Å²) in [5, 5.41) is 12.7. The highest BCUT2D eigenvalue weighted by atomic mass is 16.5. The van der Waals surface area contributed by atoms with Crippen molar-refractivity contribution in [1.82, 2.24) is 14.9 Å². The molecule has 1 aliphatic rings. The van der Waals surface area contributed by atoms with Crippen molar-refractivity contribution in [3.8, 4) is 0 Å². The van der Waals surface area contributed by atoms with Gasteiger partial charge in [-0.3, -0.25) is 9.36 Å². The Bertz CT molecular complexity index is 723. The molecular formula is C16H25N5O6. The molecule has 150 valence electrons. The topological polar surface area (TPSA) is 172 Å². The fourth-order valence-electron chi connectivity index (χ4n) is 2.84. The van der Waals surface area contributed by atoms with Crippen LogP contribution in [0.25, 0.3) is 0 Å². The molecule has 2 heterocycles. The zero-order valence-electron chi connectivity index (χ0n) is 15.0. The summed E-state index contributed by atoms with van der Waals surface area (Å²) in [6, 6.07) is 0.541. The van der Waals surface area contributed by atoms with E-state index in [1.54, 1.807) is 0 Å². The minimum absolute atomic E-state index is 0.0135. The van der Waals surface area contributed by atoms with Crippen molar-refractivity contribution in [2.75, 3.05) is 19.4 Å². The second-order valence-corrected chi connectivity index (χ2v) is 6.23. The van der Waals surface area contributed by atoms with Crippen LogP contribution in [-0.4, -0.2) is 58.4 Å². The number of nitrogens with two attached hydrogens (primary N) is 2. The van der Waals surface area contributed by atoms with Gasteiger partial charge in [-0.15, -0.1) is 0 Å². The van der Waals surface area contributed by atoms with E-state index in [0.717, 1.165) is 4.57 Å². The molecule has 1 aromatic heterocycles. The smallest absolute Gasteiger partial charge is 0.351 e. The summed E-state index contributed by atoms with van der Waals surface area (Å²) in [4.78, 5) is 39.8. The Morgan fingerprint density at radius 2 is 2.26 bits per heavy atom. The molecule has 0 bridgehead atoms. The first-order valence-corrected chi connectivity index (χ1v) is 8.63. The van der Waals surface area contributed by atoms with Crippen molar-refractivity contribution in [1.29, 1.82) is 0 Å². The Kier molecular flexibility index (Phi) is 7.28. The van der Waals surface area contributed by atoms with Gasteiger partial charge in [0.1, 0.15) is 18.1 Å². The molecule has 0 radical (unpaired) electrons. The maximum atomic E-state index is 12.5. The first-order valence-electron chi connectivity index (χ1n) is 8.63. The van der Waals surface area contributed by atoms with Crippen molar-refractivity contribution in [2.45, 2.75) is 50.2 Å². The Morgan fingerprint density at radius 1 is 1.52 bits per heavy atom. The first-order chi connectivity index (χ1) is 12.9. The highest BCUT2D eigenvalue weighted by molar-refractivity contribution is 5.87. The summed E-state index contributed by atoms with van der Waals surface area (Å²) >= 11 is 0. The normalized spacial score (nSPS) is 23.0. The van der Waals surface area contributed by atoms with E-state index in [2.05, 4.69) is 10.3 Å². The van der Waals surface area contributed by atoms with E-state index in [1.165, 1.54) is 19.4 Å². The molecule has 0 aliphatic carbocycles. The molecule has 0 spiro atoms. The number of unbranched alkanes of at least 4 members (excludes halogenated alkanes) is 1. The lowest BCUT2D eigenvalue weighted by Gasteiger charge is -2.20. The Labute approximate surface area is 155 Å². The number of nitrogens with zero attached hydrogens (tertiary/aromatic N) is 2. The number of hydrogen-bond acceptors (Lipinski definition) is 9. The average Bonchev–Trinajstić information content (AvgIpc) is 3.01. The summed E-state index contributed by atoms with van der Waals surface area (Å²) in [5.41, 5.74) is 10.2. The summed E-state index contributed by atoms with van der Waals surface area (Å²) < 4.78 is 11.4. The number of rotatable bonds is 8. The van der Waals surface area contributed by atoms with Crippen molar-refractivity contribution in [2.24, 2.45) is 5.73 Å². The molecule has 6 N–H and O–H groups in total. The van der Waals surface area contributed by atoms with Crippen LogP contribution >= 0.6 is 0 Å². The zero-order chi connectivity index (χ0) is 20.0. The van der Waals surface area contributed by atoms with E-state index in [1.807, 2.05) is 0 Å². The maximum absolute atomic E-state index is 12.5. The fourth-order valence-corrected chi connectivity index (χ4v) is 2.84. The van der Waals surface area contributed by atoms with Gasteiger partial charge in [-0.05, 0) is 31.9 Å².